The predicted octanol–water partition coefficient (Wildman–Crippen LogP) is 1.55. The van der Waals surface area contributed by atoms with E-state index < -0.39 is 5.97 Å². The third-order valence-corrected chi connectivity index (χ3v) is 4.39. The molecular formula is C13H19N3O3S. The Bertz CT molecular complexity index is 509. The minimum Gasteiger partial charge on any atom is -0.481 e. The zero-order chi connectivity index (χ0) is 14.7. The molecule has 0 aliphatic carbocycles. The van der Waals surface area contributed by atoms with E-state index in [-0.39, 0.29) is 17.7 Å². The first-order chi connectivity index (χ1) is 9.50. The highest BCUT2D eigenvalue weighted by molar-refractivity contribution is 7.99. The van der Waals surface area contributed by atoms with Gasteiger partial charge in [0.2, 0.25) is 5.91 Å². The lowest BCUT2D eigenvalue weighted by molar-refractivity contribution is -0.134. The first-order valence-electron chi connectivity index (χ1n) is 6.68. The molecule has 1 aliphatic heterocycles. The van der Waals surface area contributed by atoms with Crippen LogP contribution in [0.1, 0.15) is 31.5 Å². The molecule has 0 saturated carbocycles. The Morgan fingerprint density at radius 3 is 2.70 bits per heavy atom. The van der Waals surface area contributed by atoms with Crippen LogP contribution in [0.5, 0.6) is 0 Å². The van der Waals surface area contributed by atoms with E-state index in [0.29, 0.717) is 5.16 Å². The molecule has 1 aliphatic rings. The van der Waals surface area contributed by atoms with E-state index in [1.165, 1.54) is 0 Å². The molecule has 1 aromatic heterocycles. The van der Waals surface area contributed by atoms with Crippen LogP contribution >= 0.6 is 11.8 Å². The summed E-state index contributed by atoms with van der Waals surface area (Å²) in [5.74, 6) is -0.859. The number of carboxylic acids is 1. The average molecular weight is 297 g/mol. The quantitative estimate of drug-likeness (QED) is 0.835. The SMILES string of the molecule is Cc1cnc(SCC(=O)O)n1C(C)C(=O)N1CCCC1. The number of hydrogen-bond donors (Lipinski definition) is 1. The predicted molar refractivity (Wildman–Crippen MR) is 75.8 cm³/mol. The third-order valence-electron chi connectivity index (χ3n) is 3.44. The first kappa shape index (κ1) is 14.9. The van der Waals surface area contributed by atoms with Crippen LogP contribution in [0.25, 0.3) is 0 Å². The van der Waals surface area contributed by atoms with Gasteiger partial charge >= 0.3 is 5.97 Å². The number of rotatable bonds is 5. The smallest absolute Gasteiger partial charge is 0.313 e. The topological polar surface area (TPSA) is 75.4 Å². The van der Waals surface area contributed by atoms with Crippen molar-refractivity contribution in [1.82, 2.24) is 14.5 Å². The summed E-state index contributed by atoms with van der Waals surface area (Å²) in [7, 11) is 0. The molecule has 6 nitrogen and oxygen atoms in total. The van der Waals surface area contributed by atoms with Gasteiger partial charge in [0.25, 0.3) is 0 Å². The molecule has 110 valence electrons. The second-order valence-electron chi connectivity index (χ2n) is 4.94. The number of carbonyl (C=O) groups excluding carboxylic acids is 1. The first-order valence-corrected chi connectivity index (χ1v) is 7.66. The molecule has 0 spiro atoms. The molecule has 1 N–H and O–H groups in total. The number of nitrogens with zero attached hydrogens (tertiary/aromatic N) is 3. The van der Waals surface area contributed by atoms with Gasteiger partial charge in [-0.2, -0.15) is 0 Å². The van der Waals surface area contributed by atoms with Crippen LogP contribution in [0.4, 0.5) is 0 Å². The molecule has 20 heavy (non-hydrogen) atoms. The summed E-state index contributed by atoms with van der Waals surface area (Å²) < 4.78 is 1.83. The zero-order valence-corrected chi connectivity index (χ0v) is 12.5. The molecule has 1 amide bonds. The third kappa shape index (κ3) is 3.15. The second kappa shape index (κ2) is 6.30. The molecular weight excluding hydrogens is 278 g/mol. The number of hydrogen-bond acceptors (Lipinski definition) is 4. The summed E-state index contributed by atoms with van der Waals surface area (Å²) in [4.78, 5) is 29.2. The van der Waals surface area contributed by atoms with Crippen molar-refractivity contribution in [2.75, 3.05) is 18.8 Å². The number of amides is 1. The molecule has 2 rings (SSSR count). The summed E-state index contributed by atoms with van der Waals surface area (Å²) in [5.41, 5.74) is 0.873. The fourth-order valence-electron chi connectivity index (χ4n) is 2.44. The molecule has 1 atom stereocenters. The van der Waals surface area contributed by atoms with Gasteiger partial charge < -0.3 is 14.6 Å². The summed E-state index contributed by atoms with van der Waals surface area (Å²) in [6.07, 6.45) is 3.79. The Kier molecular flexibility index (Phi) is 4.69. The minimum atomic E-state index is -0.888. The van der Waals surface area contributed by atoms with E-state index in [1.807, 2.05) is 23.3 Å². The Morgan fingerprint density at radius 2 is 2.10 bits per heavy atom. The summed E-state index contributed by atoms with van der Waals surface area (Å²) in [6.45, 7) is 5.36. The standard InChI is InChI=1S/C13H19N3O3S/c1-9-7-14-13(20-8-11(17)18)16(9)10(2)12(19)15-5-3-4-6-15/h7,10H,3-6,8H2,1-2H3,(H,17,18). The fraction of sp³-hybridized carbons (Fsp3) is 0.615. The molecule has 0 bridgehead atoms. The lowest BCUT2D eigenvalue weighted by Crippen LogP contribution is -2.34. The number of aryl methyl sites for hydroxylation is 1. The van der Waals surface area contributed by atoms with Crippen LogP contribution < -0.4 is 0 Å². The largest absolute Gasteiger partial charge is 0.481 e. The van der Waals surface area contributed by atoms with E-state index >= 15 is 0 Å². The van der Waals surface area contributed by atoms with E-state index in [9.17, 15) is 9.59 Å². The highest BCUT2D eigenvalue weighted by atomic mass is 32.2. The highest BCUT2D eigenvalue weighted by Gasteiger charge is 2.27. The number of thioether (sulfide) groups is 1. The molecule has 1 aromatic rings. The van der Waals surface area contributed by atoms with Crippen LogP contribution in [0, 0.1) is 6.92 Å². The highest BCUT2D eigenvalue weighted by Crippen LogP contribution is 2.25. The molecule has 1 saturated heterocycles. The zero-order valence-electron chi connectivity index (χ0n) is 11.7. The summed E-state index contributed by atoms with van der Waals surface area (Å²) >= 11 is 1.15. The Morgan fingerprint density at radius 1 is 1.45 bits per heavy atom. The monoisotopic (exact) mass is 297 g/mol. The maximum atomic E-state index is 12.4. The fourth-order valence-corrected chi connectivity index (χ4v) is 3.26. The van der Waals surface area contributed by atoms with Crippen molar-refractivity contribution in [3.8, 4) is 0 Å². The van der Waals surface area contributed by atoms with E-state index in [0.717, 1.165) is 43.4 Å². The van der Waals surface area contributed by atoms with Crippen molar-refractivity contribution >= 4 is 23.6 Å². The Balaban J connectivity index is 2.15. The maximum absolute atomic E-state index is 12.4. The van der Waals surface area contributed by atoms with Crippen molar-refractivity contribution in [3.63, 3.8) is 0 Å². The van der Waals surface area contributed by atoms with Crippen molar-refractivity contribution < 1.29 is 14.7 Å². The lowest BCUT2D eigenvalue weighted by atomic mass is 10.3. The summed E-state index contributed by atoms with van der Waals surface area (Å²) in [5, 5.41) is 9.35. The van der Waals surface area contributed by atoms with Gasteiger partial charge in [-0.25, -0.2) is 4.98 Å². The Labute approximate surface area is 122 Å². The molecule has 1 unspecified atom stereocenters. The second-order valence-corrected chi connectivity index (χ2v) is 5.89. The van der Waals surface area contributed by atoms with Crippen LogP contribution in [0.2, 0.25) is 0 Å². The molecule has 7 heteroatoms. The van der Waals surface area contributed by atoms with Gasteiger partial charge in [-0.15, -0.1) is 0 Å². The van der Waals surface area contributed by atoms with E-state index in [1.54, 1.807) is 6.20 Å². The van der Waals surface area contributed by atoms with E-state index in [4.69, 9.17) is 5.11 Å². The number of imidazole rings is 1. The van der Waals surface area contributed by atoms with Crippen molar-refractivity contribution in [2.24, 2.45) is 0 Å². The van der Waals surface area contributed by atoms with Gasteiger partial charge in [0.15, 0.2) is 5.16 Å². The van der Waals surface area contributed by atoms with Gasteiger partial charge in [0.05, 0.1) is 5.75 Å². The molecule has 0 radical (unpaired) electrons. The van der Waals surface area contributed by atoms with E-state index in [2.05, 4.69) is 4.98 Å². The minimum absolute atomic E-state index is 0.0545. The number of aliphatic carboxylic acids is 1. The normalized spacial score (nSPS) is 16.4. The van der Waals surface area contributed by atoms with Gasteiger partial charge in [-0.3, -0.25) is 9.59 Å². The molecule has 1 fully saturated rings. The van der Waals surface area contributed by atoms with Crippen molar-refractivity contribution in [3.05, 3.63) is 11.9 Å². The molecule has 0 aromatic carbocycles. The number of likely N-dealkylation sites (tertiary alicyclic amines) is 1. The van der Waals surface area contributed by atoms with Crippen LogP contribution in [-0.4, -0.2) is 50.3 Å². The van der Waals surface area contributed by atoms with Gasteiger partial charge in [0, 0.05) is 25.0 Å². The van der Waals surface area contributed by atoms with Gasteiger partial charge in [-0.05, 0) is 26.7 Å². The van der Waals surface area contributed by atoms with Crippen molar-refractivity contribution in [1.29, 1.82) is 0 Å². The molecule has 2 heterocycles. The van der Waals surface area contributed by atoms with Crippen LogP contribution in [-0.2, 0) is 9.59 Å². The van der Waals surface area contributed by atoms with Gasteiger partial charge in [0.1, 0.15) is 6.04 Å². The average Bonchev–Trinajstić information content (AvgIpc) is 3.04. The number of carbonyl (C=O) groups is 2. The van der Waals surface area contributed by atoms with Crippen LogP contribution in [0.3, 0.4) is 0 Å². The Hall–Kier alpha value is -1.50. The van der Waals surface area contributed by atoms with Gasteiger partial charge in [-0.1, -0.05) is 11.8 Å². The maximum Gasteiger partial charge on any atom is 0.313 e. The van der Waals surface area contributed by atoms with Crippen LogP contribution in [0.15, 0.2) is 11.4 Å². The number of carboxylic acid groups (broad SMARTS) is 1. The lowest BCUT2D eigenvalue weighted by Gasteiger charge is -2.23. The summed E-state index contributed by atoms with van der Waals surface area (Å²) in [6, 6.07) is -0.341. The number of aromatic nitrogens is 2. The van der Waals surface area contributed by atoms with Crippen molar-refractivity contribution in [2.45, 2.75) is 37.9 Å².